The van der Waals surface area contributed by atoms with Crippen LogP contribution in [0.2, 0.25) is 0 Å². The number of pyridine rings is 1. The van der Waals surface area contributed by atoms with E-state index in [1.54, 1.807) is 53.8 Å². The Morgan fingerprint density at radius 2 is 1.74 bits per heavy atom. The van der Waals surface area contributed by atoms with E-state index in [9.17, 15) is 9.18 Å². The Morgan fingerprint density at radius 3 is 2.44 bits per heavy atom. The first-order chi connectivity index (χ1) is 16.5. The lowest BCUT2D eigenvalue weighted by atomic mass is 10.0. The molecular weight excluding hydrogens is 437 g/mol. The van der Waals surface area contributed by atoms with Crippen molar-refractivity contribution in [1.29, 1.82) is 0 Å². The summed E-state index contributed by atoms with van der Waals surface area (Å²) in [4.78, 5) is 13.2. The minimum atomic E-state index is -0.315. The van der Waals surface area contributed by atoms with Crippen LogP contribution in [-0.2, 0) is 13.0 Å². The van der Waals surface area contributed by atoms with Gasteiger partial charge < -0.3 is 14.0 Å². The molecule has 0 saturated heterocycles. The van der Waals surface area contributed by atoms with Crippen LogP contribution in [0.3, 0.4) is 0 Å². The van der Waals surface area contributed by atoms with Crippen molar-refractivity contribution in [3.8, 4) is 22.6 Å². The summed E-state index contributed by atoms with van der Waals surface area (Å²) in [5.41, 5.74) is 4.26. The highest BCUT2D eigenvalue weighted by molar-refractivity contribution is 5.84. The minimum absolute atomic E-state index is 0.214. The van der Waals surface area contributed by atoms with Gasteiger partial charge in [-0.2, -0.15) is 5.10 Å². The monoisotopic (exact) mass is 459 g/mol. The summed E-state index contributed by atoms with van der Waals surface area (Å²) < 4.78 is 27.3. The van der Waals surface area contributed by atoms with Gasteiger partial charge in [0, 0.05) is 6.20 Å². The van der Waals surface area contributed by atoms with Crippen molar-refractivity contribution < 1.29 is 13.9 Å². The van der Waals surface area contributed by atoms with Crippen molar-refractivity contribution in [3.63, 3.8) is 0 Å². The lowest BCUT2D eigenvalue weighted by Gasteiger charge is -2.11. The molecule has 0 aliphatic rings. The number of aryl methyl sites for hydroxylation is 1. The average Bonchev–Trinajstić information content (AvgIpc) is 3.25. The standard InChI is InChI=1S/C25H22FN5O3/c1-4-18-22(16-6-8-17(26)9-7-16)24-28-27-23-19(31(24)29-18)11-12-30(25(23)32)14-15-5-10-20(33-2)21(13-15)34-3/h5-13H,4,14H2,1-3H3. The Labute approximate surface area is 194 Å². The topological polar surface area (TPSA) is 83.5 Å². The molecule has 0 bridgehead atoms. The number of fused-ring (bicyclic) bond motifs is 3. The van der Waals surface area contributed by atoms with Crippen LogP contribution in [0.4, 0.5) is 4.39 Å². The molecule has 8 nitrogen and oxygen atoms in total. The van der Waals surface area contributed by atoms with Crippen LogP contribution in [0.15, 0.2) is 59.5 Å². The molecule has 5 rings (SSSR count). The molecule has 3 aromatic heterocycles. The number of benzene rings is 2. The average molecular weight is 459 g/mol. The smallest absolute Gasteiger partial charge is 0.280 e. The summed E-state index contributed by atoms with van der Waals surface area (Å²) >= 11 is 0. The first-order valence-electron chi connectivity index (χ1n) is 10.8. The Hall–Kier alpha value is -4.27. The summed E-state index contributed by atoms with van der Waals surface area (Å²) in [6.07, 6.45) is 2.36. The second-order valence-electron chi connectivity index (χ2n) is 7.79. The molecule has 0 saturated carbocycles. The van der Waals surface area contributed by atoms with Crippen LogP contribution in [-0.4, -0.2) is 38.6 Å². The molecule has 5 aromatic rings. The third-order valence-electron chi connectivity index (χ3n) is 5.79. The minimum Gasteiger partial charge on any atom is -0.493 e. The van der Waals surface area contributed by atoms with E-state index < -0.39 is 0 Å². The van der Waals surface area contributed by atoms with Gasteiger partial charge in [-0.05, 0) is 47.9 Å². The fraction of sp³-hybridized carbons (Fsp3) is 0.200. The third kappa shape index (κ3) is 3.55. The van der Waals surface area contributed by atoms with Gasteiger partial charge in [0.25, 0.3) is 5.56 Å². The number of nitrogens with zero attached hydrogens (tertiary/aromatic N) is 5. The molecule has 9 heteroatoms. The van der Waals surface area contributed by atoms with E-state index in [0.717, 1.165) is 22.4 Å². The molecule has 34 heavy (non-hydrogen) atoms. The number of hydrogen-bond acceptors (Lipinski definition) is 6. The first-order valence-corrected chi connectivity index (χ1v) is 10.8. The van der Waals surface area contributed by atoms with Crippen molar-refractivity contribution >= 4 is 16.7 Å². The molecule has 2 aromatic carbocycles. The lowest BCUT2D eigenvalue weighted by Crippen LogP contribution is -2.22. The molecule has 0 radical (unpaired) electrons. The molecule has 0 aliphatic carbocycles. The van der Waals surface area contributed by atoms with Crippen LogP contribution in [0, 0.1) is 5.82 Å². The molecule has 0 N–H and O–H groups in total. The molecular formula is C25H22FN5O3. The van der Waals surface area contributed by atoms with Crippen molar-refractivity contribution in [2.24, 2.45) is 0 Å². The van der Waals surface area contributed by atoms with Gasteiger partial charge in [-0.25, -0.2) is 8.91 Å². The number of hydrogen-bond donors (Lipinski definition) is 0. The van der Waals surface area contributed by atoms with Gasteiger partial charge in [0.1, 0.15) is 11.3 Å². The van der Waals surface area contributed by atoms with E-state index in [0.29, 0.717) is 35.6 Å². The molecule has 172 valence electrons. The molecule has 0 spiro atoms. The van der Waals surface area contributed by atoms with Crippen LogP contribution in [0.25, 0.3) is 27.8 Å². The molecule has 0 atom stereocenters. The Kier molecular flexibility index (Phi) is 5.45. The van der Waals surface area contributed by atoms with Gasteiger partial charge in [-0.1, -0.05) is 25.1 Å². The number of halogens is 1. The quantitative estimate of drug-likeness (QED) is 0.383. The Balaban J connectivity index is 1.62. The zero-order chi connectivity index (χ0) is 23.8. The Bertz CT molecular complexity index is 1570. The molecule has 0 fully saturated rings. The van der Waals surface area contributed by atoms with E-state index in [4.69, 9.17) is 14.6 Å². The third-order valence-corrected chi connectivity index (χ3v) is 5.79. The number of methoxy groups -OCH3 is 2. The maximum atomic E-state index is 13.5. The van der Waals surface area contributed by atoms with E-state index >= 15 is 0 Å². The number of ether oxygens (including phenoxy) is 2. The van der Waals surface area contributed by atoms with Gasteiger partial charge in [-0.15, -0.1) is 10.2 Å². The fourth-order valence-corrected chi connectivity index (χ4v) is 4.09. The highest BCUT2D eigenvalue weighted by Crippen LogP contribution is 2.30. The van der Waals surface area contributed by atoms with E-state index in [2.05, 4.69) is 10.2 Å². The maximum absolute atomic E-state index is 13.5. The second-order valence-corrected chi connectivity index (χ2v) is 7.79. The highest BCUT2D eigenvalue weighted by atomic mass is 19.1. The van der Waals surface area contributed by atoms with Gasteiger partial charge in [0.2, 0.25) is 0 Å². The van der Waals surface area contributed by atoms with Crippen molar-refractivity contribution in [2.45, 2.75) is 19.9 Å². The van der Waals surface area contributed by atoms with Gasteiger partial charge in [0.15, 0.2) is 22.7 Å². The summed E-state index contributed by atoms with van der Waals surface area (Å²) in [5.74, 6) is 0.893. The Morgan fingerprint density at radius 1 is 0.971 bits per heavy atom. The van der Waals surface area contributed by atoms with Crippen LogP contribution < -0.4 is 15.0 Å². The lowest BCUT2D eigenvalue weighted by molar-refractivity contribution is 0.354. The van der Waals surface area contributed by atoms with E-state index in [1.807, 2.05) is 19.1 Å². The van der Waals surface area contributed by atoms with Crippen LogP contribution >= 0.6 is 0 Å². The van der Waals surface area contributed by atoms with Crippen LogP contribution in [0.5, 0.6) is 11.5 Å². The molecule has 0 amide bonds. The predicted octanol–water partition coefficient (Wildman–Crippen LogP) is 3.87. The van der Waals surface area contributed by atoms with Crippen LogP contribution in [0.1, 0.15) is 18.2 Å². The fourth-order valence-electron chi connectivity index (χ4n) is 4.09. The van der Waals surface area contributed by atoms with Crippen molar-refractivity contribution in [2.75, 3.05) is 14.2 Å². The summed E-state index contributed by atoms with van der Waals surface area (Å²) in [7, 11) is 3.14. The molecule has 3 heterocycles. The molecule has 0 unspecified atom stereocenters. The number of aromatic nitrogens is 5. The first kappa shape index (κ1) is 21.6. The van der Waals surface area contributed by atoms with E-state index in [-0.39, 0.29) is 16.9 Å². The van der Waals surface area contributed by atoms with Gasteiger partial charge in [-0.3, -0.25) is 4.79 Å². The van der Waals surface area contributed by atoms with Gasteiger partial charge >= 0.3 is 0 Å². The SMILES string of the molecule is CCc1nn2c(nnc3c(=O)n(Cc4ccc(OC)c(OC)c4)ccc32)c1-c1ccc(F)cc1. The zero-order valence-corrected chi connectivity index (χ0v) is 18.9. The normalized spacial score (nSPS) is 11.3. The van der Waals surface area contributed by atoms with Gasteiger partial charge in [0.05, 0.1) is 32.0 Å². The van der Waals surface area contributed by atoms with E-state index in [1.165, 1.54) is 12.1 Å². The maximum Gasteiger partial charge on any atom is 0.280 e. The largest absolute Gasteiger partial charge is 0.493 e. The summed E-state index contributed by atoms with van der Waals surface area (Å²) in [6.45, 7) is 2.31. The summed E-state index contributed by atoms with van der Waals surface area (Å²) in [6, 6.07) is 13.5. The van der Waals surface area contributed by atoms with Crippen molar-refractivity contribution in [3.05, 3.63) is 82.2 Å². The molecule has 0 aliphatic heterocycles. The number of rotatable bonds is 6. The second kappa shape index (κ2) is 8.58. The highest BCUT2D eigenvalue weighted by Gasteiger charge is 2.19. The zero-order valence-electron chi connectivity index (χ0n) is 18.9. The van der Waals surface area contributed by atoms with Crippen molar-refractivity contribution in [1.82, 2.24) is 24.4 Å². The summed E-state index contributed by atoms with van der Waals surface area (Å²) in [5, 5.41) is 13.3. The predicted molar refractivity (Wildman–Crippen MR) is 126 cm³/mol.